The van der Waals surface area contributed by atoms with Crippen LogP contribution < -0.4 is 10.5 Å². The highest BCUT2D eigenvalue weighted by atomic mass is 32.2. The van der Waals surface area contributed by atoms with Gasteiger partial charge in [-0.2, -0.15) is 23.6 Å². The molecule has 17 heteroatoms. The van der Waals surface area contributed by atoms with E-state index < -0.39 is 27.7 Å². The number of hydrogen-bond acceptors (Lipinski definition) is 10. The zero-order valence-corrected chi connectivity index (χ0v) is 19.7. The summed E-state index contributed by atoms with van der Waals surface area (Å²) >= 11 is 0. The lowest BCUT2D eigenvalue weighted by Crippen LogP contribution is -2.74. The summed E-state index contributed by atoms with van der Waals surface area (Å²) in [5, 5.41) is 29.9. The minimum Gasteiger partial charge on any atom is -0.475 e. The quantitative estimate of drug-likeness (QED) is 0.366. The average molecular weight is 537 g/mol. The molecule has 194 valence electrons. The van der Waals surface area contributed by atoms with Gasteiger partial charge in [0.25, 0.3) is 0 Å². The van der Waals surface area contributed by atoms with Crippen LogP contribution in [0.4, 0.5) is 19.0 Å². The lowest BCUT2D eigenvalue weighted by molar-refractivity contribution is -0.192. The van der Waals surface area contributed by atoms with Gasteiger partial charge in [-0.25, -0.2) is 27.9 Å². The molecule has 1 aromatic carbocycles. The molecule has 13 nitrogen and oxygen atoms in total. The molecule has 0 unspecified atom stereocenters. The van der Waals surface area contributed by atoms with Crippen LogP contribution in [-0.4, -0.2) is 61.8 Å². The molecule has 37 heavy (non-hydrogen) atoms. The van der Waals surface area contributed by atoms with Gasteiger partial charge in [0.2, 0.25) is 15.8 Å². The number of sulfonamides is 1. The van der Waals surface area contributed by atoms with E-state index in [9.17, 15) is 21.6 Å². The molecular formula is C20H18F3N9O4S. The fourth-order valence-corrected chi connectivity index (χ4v) is 5.78. The van der Waals surface area contributed by atoms with Gasteiger partial charge in [0, 0.05) is 11.1 Å². The number of nitriles is 1. The lowest BCUT2D eigenvalue weighted by Gasteiger charge is -2.66. The molecule has 3 aliphatic carbocycles. The van der Waals surface area contributed by atoms with Gasteiger partial charge in [-0.15, -0.1) is 10.2 Å². The molecule has 5 N–H and O–H groups in total. The molecule has 6 rings (SSSR count). The van der Waals surface area contributed by atoms with Crippen LogP contribution in [0.5, 0.6) is 0 Å². The second-order valence-corrected chi connectivity index (χ2v) is 10.5. The molecule has 0 atom stereocenters. The van der Waals surface area contributed by atoms with E-state index in [0.29, 0.717) is 30.5 Å². The number of aliphatic carboxylic acids is 1. The second-order valence-electron chi connectivity index (χ2n) is 8.81. The maximum Gasteiger partial charge on any atom is 0.490 e. The van der Waals surface area contributed by atoms with Crippen molar-refractivity contribution >= 4 is 21.8 Å². The Kier molecular flexibility index (Phi) is 6.12. The first kappa shape index (κ1) is 25.9. The van der Waals surface area contributed by atoms with Crippen LogP contribution in [0.1, 0.15) is 24.8 Å². The van der Waals surface area contributed by atoms with E-state index in [1.54, 1.807) is 18.2 Å². The summed E-state index contributed by atoms with van der Waals surface area (Å²) in [7, 11) is -3.76. The largest absolute Gasteiger partial charge is 0.490 e. The number of aromatic nitrogens is 6. The number of alkyl halides is 3. The molecule has 0 radical (unpaired) electrons. The Morgan fingerprint density at radius 3 is 2.49 bits per heavy atom. The van der Waals surface area contributed by atoms with Gasteiger partial charge in [0.1, 0.15) is 0 Å². The SMILES string of the molecule is Cc1ccc(S(=O)(=O)NC23CC(C#N)(C2)C3)cc1-c1cnc(N)c(-c2nn[nH]n2)n1.O=C(O)C(F)(F)F. The molecule has 2 heterocycles. The second kappa shape index (κ2) is 8.74. The number of carboxylic acid groups (broad SMARTS) is 1. The summed E-state index contributed by atoms with van der Waals surface area (Å²) in [5.41, 5.74) is 7.16. The van der Waals surface area contributed by atoms with Crippen molar-refractivity contribution in [2.24, 2.45) is 5.41 Å². The number of halogens is 3. The molecule has 3 aliphatic rings. The number of rotatable bonds is 5. The number of nitrogens with two attached hydrogens (primary N) is 1. The van der Waals surface area contributed by atoms with Crippen LogP contribution >= 0.6 is 0 Å². The van der Waals surface area contributed by atoms with E-state index in [0.717, 1.165) is 5.56 Å². The van der Waals surface area contributed by atoms with Gasteiger partial charge < -0.3 is 10.8 Å². The smallest absolute Gasteiger partial charge is 0.475 e. The summed E-state index contributed by atoms with van der Waals surface area (Å²) in [4.78, 5) is 17.6. The third-order valence-electron chi connectivity index (χ3n) is 6.01. The van der Waals surface area contributed by atoms with Crippen LogP contribution in [-0.2, 0) is 14.8 Å². The first-order valence-corrected chi connectivity index (χ1v) is 11.9. The standard InChI is InChI=1S/C18H17N9O2S.C2HF3O2/c1-10-2-3-11(30(28,29)25-18-6-17(7-18,8-18)9-19)4-12(10)13-5-21-15(20)14(22-13)16-23-26-27-24-16;3-2(4,5)1(6)7/h2-5,25H,6-8H2,1H3,(H2,20,21)(H,23,24,26,27);(H,6,7). The molecule has 3 saturated carbocycles. The predicted molar refractivity (Wildman–Crippen MR) is 118 cm³/mol. The van der Waals surface area contributed by atoms with Gasteiger partial charge in [0.05, 0.1) is 28.3 Å². The summed E-state index contributed by atoms with van der Waals surface area (Å²) in [6.07, 6.45) is -1.92. The van der Waals surface area contributed by atoms with Crippen molar-refractivity contribution in [3.63, 3.8) is 0 Å². The third-order valence-corrected chi connectivity index (χ3v) is 7.59. The maximum atomic E-state index is 13.0. The highest BCUT2D eigenvalue weighted by Crippen LogP contribution is 2.67. The highest BCUT2D eigenvalue weighted by molar-refractivity contribution is 7.89. The number of carbonyl (C=O) groups is 1. The van der Waals surface area contributed by atoms with Crippen LogP contribution in [0, 0.1) is 23.7 Å². The van der Waals surface area contributed by atoms with E-state index in [1.807, 2.05) is 6.92 Å². The summed E-state index contributed by atoms with van der Waals surface area (Å²) in [6.45, 7) is 1.85. The summed E-state index contributed by atoms with van der Waals surface area (Å²) in [6, 6.07) is 7.11. The molecule has 3 aromatic rings. The monoisotopic (exact) mass is 537 g/mol. The number of nitrogens with one attached hydrogen (secondary N) is 2. The Hall–Kier alpha value is -4.17. The van der Waals surface area contributed by atoms with Crippen molar-refractivity contribution in [3.05, 3.63) is 30.0 Å². The number of H-pyrrole nitrogens is 1. The highest BCUT2D eigenvalue weighted by Gasteiger charge is 2.69. The summed E-state index contributed by atoms with van der Waals surface area (Å²) in [5.74, 6) is -2.43. The van der Waals surface area contributed by atoms with Crippen molar-refractivity contribution in [3.8, 4) is 28.8 Å². The van der Waals surface area contributed by atoms with Crippen molar-refractivity contribution < 1.29 is 31.5 Å². The zero-order valence-electron chi connectivity index (χ0n) is 18.9. The van der Waals surface area contributed by atoms with Gasteiger partial charge in [-0.3, -0.25) is 0 Å². The van der Waals surface area contributed by atoms with Crippen LogP contribution in [0.15, 0.2) is 29.3 Å². The molecule has 3 fully saturated rings. The molecule has 0 saturated heterocycles. The lowest BCUT2D eigenvalue weighted by atomic mass is 9.40. The molecule has 2 bridgehead atoms. The van der Waals surface area contributed by atoms with E-state index in [2.05, 4.69) is 41.4 Å². The normalized spacial score (nSPS) is 22.0. The number of anilines is 1. The molecule has 0 amide bonds. The van der Waals surface area contributed by atoms with Crippen LogP contribution in [0.25, 0.3) is 22.8 Å². The number of hydrogen-bond donors (Lipinski definition) is 4. The van der Waals surface area contributed by atoms with Crippen LogP contribution in [0.3, 0.4) is 0 Å². The Labute approximate surface area is 207 Å². The minimum atomic E-state index is -5.08. The van der Waals surface area contributed by atoms with Gasteiger partial charge in [-0.1, -0.05) is 6.07 Å². The number of benzene rings is 1. The van der Waals surface area contributed by atoms with Crippen molar-refractivity contribution in [1.82, 2.24) is 35.3 Å². The number of nitrogen functional groups attached to an aromatic ring is 1. The fraction of sp³-hybridized carbons (Fsp3) is 0.350. The first-order valence-electron chi connectivity index (χ1n) is 10.4. The molecular weight excluding hydrogens is 519 g/mol. The Bertz CT molecular complexity index is 1500. The van der Waals surface area contributed by atoms with E-state index in [-0.39, 0.29) is 27.6 Å². The molecule has 0 spiro atoms. The first-order chi connectivity index (χ1) is 17.2. The molecule has 2 aromatic heterocycles. The van der Waals surface area contributed by atoms with Crippen molar-refractivity contribution in [1.29, 1.82) is 5.26 Å². The van der Waals surface area contributed by atoms with Gasteiger partial charge in [-0.05, 0) is 49.1 Å². The number of nitrogens with zero attached hydrogens (tertiary/aromatic N) is 6. The number of tetrazole rings is 1. The number of carboxylic acids is 1. The molecule has 0 aliphatic heterocycles. The average Bonchev–Trinajstić information content (AvgIpc) is 3.30. The topological polar surface area (TPSA) is 214 Å². The van der Waals surface area contributed by atoms with E-state index >= 15 is 0 Å². The fourth-order valence-electron chi connectivity index (χ4n) is 4.36. The Balaban J connectivity index is 0.000000405. The number of aryl methyl sites for hydroxylation is 1. The number of aromatic amines is 1. The van der Waals surface area contributed by atoms with E-state index in [4.69, 9.17) is 20.9 Å². The van der Waals surface area contributed by atoms with Crippen molar-refractivity contribution in [2.45, 2.75) is 42.8 Å². The predicted octanol–water partition coefficient (Wildman–Crippen LogP) is 1.57. The van der Waals surface area contributed by atoms with Crippen molar-refractivity contribution in [2.75, 3.05) is 5.73 Å². The van der Waals surface area contributed by atoms with Gasteiger partial charge in [0.15, 0.2) is 11.5 Å². The van der Waals surface area contributed by atoms with Crippen LogP contribution in [0.2, 0.25) is 0 Å². The maximum absolute atomic E-state index is 13.0. The Morgan fingerprint density at radius 2 is 1.95 bits per heavy atom. The zero-order chi connectivity index (χ0) is 27.2. The van der Waals surface area contributed by atoms with Gasteiger partial charge >= 0.3 is 12.1 Å². The summed E-state index contributed by atoms with van der Waals surface area (Å²) < 4.78 is 60.5. The van der Waals surface area contributed by atoms with E-state index in [1.165, 1.54) is 6.20 Å². The third kappa shape index (κ3) is 4.93. The minimum absolute atomic E-state index is 0.124. The Morgan fingerprint density at radius 1 is 1.30 bits per heavy atom.